The van der Waals surface area contributed by atoms with Gasteiger partial charge in [0.05, 0.1) is 5.69 Å². The molecule has 2 atom stereocenters. The topological polar surface area (TPSA) is 108 Å². The average Bonchev–Trinajstić information content (AvgIpc) is 2.86. The second kappa shape index (κ2) is 10.1. The lowest BCUT2D eigenvalue weighted by Gasteiger charge is -2.24. The number of benzene rings is 4. The zero-order valence-electron chi connectivity index (χ0n) is 18.4. The van der Waals surface area contributed by atoms with Crippen LogP contribution in [0.5, 0.6) is 5.75 Å². The molecule has 172 valence electrons. The molecule has 7 heteroatoms. The summed E-state index contributed by atoms with van der Waals surface area (Å²) in [5.41, 5.74) is 2.83. The second-order valence-electron chi connectivity index (χ2n) is 7.89. The SMILES string of the molecule is C[C@H](/C=C/C(=O)NO)[C@H](OC(=O)Nc1cccc2ccccc12)c1ccc(O)c2ccccc12. The lowest BCUT2D eigenvalue weighted by atomic mass is 9.92. The van der Waals surface area contributed by atoms with E-state index in [1.807, 2.05) is 54.6 Å². The highest BCUT2D eigenvalue weighted by Gasteiger charge is 2.25. The van der Waals surface area contributed by atoms with Crippen LogP contribution in [0.25, 0.3) is 21.5 Å². The molecule has 4 aromatic carbocycles. The smallest absolute Gasteiger partial charge is 0.412 e. The third kappa shape index (κ3) is 4.84. The van der Waals surface area contributed by atoms with Crippen molar-refractivity contribution in [1.82, 2.24) is 5.48 Å². The number of nitrogens with one attached hydrogen (secondary N) is 2. The van der Waals surface area contributed by atoms with Gasteiger partial charge < -0.3 is 9.84 Å². The molecule has 0 unspecified atom stereocenters. The first-order valence-corrected chi connectivity index (χ1v) is 10.8. The molecule has 0 radical (unpaired) electrons. The molecule has 0 saturated heterocycles. The van der Waals surface area contributed by atoms with Gasteiger partial charge in [-0.05, 0) is 22.9 Å². The van der Waals surface area contributed by atoms with Gasteiger partial charge >= 0.3 is 6.09 Å². The average molecular weight is 456 g/mol. The van der Waals surface area contributed by atoms with Crippen LogP contribution in [-0.2, 0) is 9.53 Å². The molecule has 0 saturated carbocycles. The first-order chi connectivity index (χ1) is 16.5. The minimum Gasteiger partial charge on any atom is -0.507 e. The number of phenolic OH excluding ortho intramolecular Hbond substituents is 1. The third-order valence-electron chi connectivity index (χ3n) is 5.64. The minimum absolute atomic E-state index is 0.112. The first kappa shape index (κ1) is 22.8. The van der Waals surface area contributed by atoms with E-state index in [1.54, 1.807) is 42.7 Å². The van der Waals surface area contributed by atoms with E-state index >= 15 is 0 Å². The number of hydrogen-bond donors (Lipinski definition) is 4. The maximum absolute atomic E-state index is 13.0. The fourth-order valence-electron chi connectivity index (χ4n) is 3.98. The number of rotatable bonds is 6. The summed E-state index contributed by atoms with van der Waals surface area (Å²) in [6, 6.07) is 23.8. The van der Waals surface area contributed by atoms with Crippen molar-refractivity contribution in [2.24, 2.45) is 5.92 Å². The number of carbonyl (C=O) groups excluding carboxylic acids is 2. The van der Waals surface area contributed by atoms with Gasteiger partial charge in [0.1, 0.15) is 11.9 Å². The molecular formula is C27H24N2O5. The Morgan fingerprint density at radius 2 is 1.56 bits per heavy atom. The van der Waals surface area contributed by atoms with Gasteiger partial charge in [0.2, 0.25) is 0 Å². The molecule has 2 amide bonds. The van der Waals surface area contributed by atoms with Crippen LogP contribution in [0.4, 0.5) is 10.5 Å². The lowest BCUT2D eigenvalue weighted by molar-refractivity contribution is -0.124. The molecule has 0 bridgehead atoms. The van der Waals surface area contributed by atoms with Crippen LogP contribution in [0.2, 0.25) is 0 Å². The summed E-state index contributed by atoms with van der Waals surface area (Å²) in [6.45, 7) is 1.79. The number of fused-ring (bicyclic) bond motifs is 2. The normalized spacial score (nSPS) is 13.0. The number of amides is 2. The summed E-state index contributed by atoms with van der Waals surface area (Å²) in [5, 5.41) is 25.1. The molecule has 34 heavy (non-hydrogen) atoms. The van der Waals surface area contributed by atoms with Crippen molar-refractivity contribution in [1.29, 1.82) is 0 Å². The molecule has 4 aromatic rings. The quantitative estimate of drug-likeness (QED) is 0.169. The van der Waals surface area contributed by atoms with Gasteiger partial charge in [-0.25, -0.2) is 10.3 Å². The summed E-state index contributed by atoms with van der Waals surface area (Å²) in [4.78, 5) is 24.5. The Morgan fingerprint density at radius 1 is 0.882 bits per heavy atom. The molecule has 0 aliphatic carbocycles. The predicted molar refractivity (Wildman–Crippen MR) is 131 cm³/mol. The van der Waals surface area contributed by atoms with Crippen LogP contribution in [0.1, 0.15) is 18.6 Å². The molecule has 0 fully saturated rings. The Balaban J connectivity index is 1.69. The fourth-order valence-corrected chi connectivity index (χ4v) is 3.98. The van der Waals surface area contributed by atoms with E-state index in [1.165, 1.54) is 6.08 Å². The lowest BCUT2D eigenvalue weighted by Crippen LogP contribution is -2.22. The van der Waals surface area contributed by atoms with Crippen LogP contribution < -0.4 is 10.8 Å². The summed E-state index contributed by atoms with van der Waals surface area (Å²) >= 11 is 0. The van der Waals surface area contributed by atoms with Crippen LogP contribution in [0.15, 0.2) is 91.0 Å². The maximum Gasteiger partial charge on any atom is 0.412 e. The number of hydroxylamine groups is 1. The molecule has 0 aliphatic rings. The maximum atomic E-state index is 13.0. The van der Waals surface area contributed by atoms with E-state index in [2.05, 4.69) is 5.32 Å². The fraction of sp³-hybridized carbons (Fsp3) is 0.111. The molecule has 0 spiro atoms. The van der Waals surface area contributed by atoms with Gasteiger partial charge in [-0.2, -0.15) is 0 Å². The van der Waals surface area contributed by atoms with E-state index in [9.17, 15) is 14.7 Å². The van der Waals surface area contributed by atoms with Gasteiger partial charge in [0.15, 0.2) is 0 Å². The number of ether oxygens (including phenoxy) is 1. The molecule has 4 N–H and O–H groups in total. The van der Waals surface area contributed by atoms with E-state index < -0.39 is 24.0 Å². The molecule has 0 aliphatic heterocycles. The first-order valence-electron chi connectivity index (χ1n) is 10.8. The Morgan fingerprint density at radius 3 is 2.32 bits per heavy atom. The zero-order valence-corrected chi connectivity index (χ0v) is 18.4. The van der Waals surface area contributed by atoms with Crippen molar-refractivity contribution >= 4 is 39.2 Å². The Kier molecular flexibility index (Phi) is 6.75. The summed E-state index contributed by atoms with van der Waals surface area (Å²) in [5.74, 6) is -1.02. The van der Waals surface area contributed by atoms with Crippen molar-refractivity contribution in [2.75, 3.05) is 5.32 Å². The van der Waals surface area contributed by atoms with Crippen molar-refractivity contribution in [2.45, 2.75) is 13.0 Å². The second-order valence-corrected chi connectivity index (χ2v) is 7.89. The van der Waals surface area contributed by atoms with Gasteiger partial charge in [0, 0.05) is 28.3 Å². The summed E-state index contributed by atoms with van der Waals surface area (Å²) in [7, 11) is 0. The van der Waals surface area contributed by atoms with Crippen LogP contribution >= 0.6 is 0 Å². The monoisotopic (exact) mass is 456 g/mol. The van der Waals surface area contributed by atoms with Crippen LogP contribution in [0, 0.1) is 5.92 Å². The zero-order chi connectivity index (χ0) is 24.1. The van der Waals surface area contributed by atoms with E-state index in [0.29, 0.717) is 16.6 Å². The largest absolute Gasteiger partial charge is 0.507 e. The summed E-state index contributed by atoms with van der Waals surface area (Å²) in [6.07, 6.45) is 1.27. The van der Waals surface area contributed by atoms with Crippen molar-refractivity contribution < 1.29 is 24.6 Å². The Hall–Kier alpha value is -4.36. The number of anilines is 1. The van der Waals surface area contributed by atoms with E-state index in [0.717, 1.165) is 16.2 Å². The summed E-state index contributed by atoms with van der Waals surface area (Å²) < 4.78 is 5.89. The highest BCUT2D eigenvalue weighted by atomic mass is 16.6. The third-order valence-corrected chi connectivity index (χ3v) is 5.64. The van der Waals surface area contributed by atoms with Crippen molar-refractivity contribution in [3.63, 3.8) is 0 Å². The molecule has 0 heterocycles. The Labute approximate surface area is 196 Å². The number of hydrogen-bond acceptors (Lipinski definition) is 5. The highest BCUT2D eigenvalue weighted by Crippen LogP contribution is 2.36. The molecule has 4 rings (SSSR count). The number of aromatic hydroxyl groups is 1. The van der Waals surface area contributed by atoms with Crippen LogP contribution in [0.3, 0.4) is 0 Å². The van der Waals surface area contributed by atoms with Crippen LogP contribution in [-0.4, -0.2) is 22.3 Å². The van der Waals surface area contributed by atoms with Gasteiger partial charge in [-0.15, -0.1) is 0 Å². The standard InChI is InChI=1S/C27H24N2O5/c1-17(13-16-25(31)29-33)26(22-14-15-24(30)21-11-5-4-10-20(21)22)34-27(32)28-23-12-6-8-18-7-2-3-9-19(18)23/h2-17,26,30,33H,1H3,(H,28,32)(H,29,31)/b16-13+/t17-,26+/m1/s1. The van der Waals surface area contributed by atoms with E-state index in [-0.39, 0.29) is 5.75 Å². The van der Waals surface area contributed by atoms with Gasteiger partial charge in [-0.1, -0.05) is 79.7 Å². The predicted octanol–water partition coefficient (Wildman–Crippen LogP) is 5.69. The number of phenols is 1. The highest BCUT2D eigenvalue weighted by molar-refractivity contribution is 6.00. The van der Waals surface area contributed by atoms with Gasteiger partial charge in [-0.3, -0.25) is 15.3 Å². The van der Waals surface area contributed by atoms with E-state index in [4.69, 9.17) is 9.94 Å². The molecule has 7 nitrogen and oxygen atoms in total. The molecule has 0 aromatic heterocycles. The van der Waals surface area contributed by atoms with Crippen molar-refractivity contribution in [3.05, 3.63) is 96.6 Å². The van der Waals surface area contributed by atoms with Crippen molar-refractivity contribution in [3.8, 4) is 5.75 Å². The number of carbonyl (C=O) groups is 2. The molecular weight excluding hydrogens is 432 g/mol. The minimum atomic E-state index is -0.789. The Bertz CT molecular complexity index is 1380. The van der Waals surface area contributed by atoms with Gasteiger partial charge in [0.25, 0.3) is 5.91 Å².